The van der Waals surface area contributed by atoms with E-state index in [0.717, 1.165) is 24.8 Å². The molecule has 0 aromatic carbocycles. The zero-order valence-corrected chi connectivity index (χ0v) is 33.1. The number of carbonyl (C=O) groups excluding carboxylic acids is 1. The molecule has 328 valence electrons. The van der Waals surface area contributed by atoms with Crippen LogP contribution in [0.3, 0.4) is 0 Å². The SMILES string of the molecule is C=C1C[C@@]2(C)CC[C@H]3[C@@](C)(CCC[C@@]3(C)C(=O)OC3OC(CO)C(O)C(OC4OC(CO)C(O)C(O)C4O)C3OC3OC(CO)C(O)C(O)C3O)[C@@H]2CC[C@@]1(C)O. The van der Waals surface area contributed by atoms with Crippen LogP contribution in [-0.4, -0.2) is 180 Å². The Morgan fingerprint density at radius 2 is 1.14 bits per heavy atom. The summed E-state index contributed by atoms with van der Waals surface area (Å²) in [6.45, 7) is 9.87. The van der Waals surface area contributed by atoms with E-state index in [4.69, 9.17) is 28.4 Å². The fourth-order valence-corrected chi connectivity index (χ4v) is 11.2. The van der Waals surface area contributed by atoms with E-state index in [1.54, 1.807) is 6.92 Å². The Labute approximate surface area is 331 Å². The van der Waals surface area contributed by atoms with E-state index in [1.807, 2.05) is 6.92 Å². The van der Waals surface area contributed by atoms with Gasteiger partial charge in [0.25, 0.3) is 0 Å². The summed E-state index contributed by atoms with van der Waals surface area (Å²) < 4.78 is 35.3. The molecule has 21 atom stereocenters. The molecule has 15 unspecified atom stereocenters. The lowest BCUT2D eigenvalue weighted by Crippen LogP contribution is -2.67. The van der Waals surface area contributed by atoms with Crippen LogP contribution < -0.4 is 0 Å². The van der Waals surface area contributed by atoms with Gasteiger partial charge in [-0.2, -0.15) is 0 Å². The average molecular weight is 821 g/mol. The second-order valence-electron chi connectivity index (χ2n) is 18.4. The predicted molar refractivity (Wildman–Crippen MR) is 193 cm³/mol. The molecule has 0 aromatic heterocycles. The summed E-state index contributed by atoms with van der Waals surface area (Å²) in [7, 11) is 0. The van der Waals surface area contributed by atoms with Crippen LogP contribution in [0.2, 0.25) is 0 Å². The summed E-state index contributed by atoms with van der Waals surface area (Å²) in [6.07, 6.45) is -21.3. The van der Waals surface area contributed by atoms with Gasteiger partial charge in [0.15, 0.2) is 18.7 Å². The lowest BCUT2D eigenvalue weighted by atomic mass is 9.42. The molecule has 3 saturated heterocycles. The molecule has 3 saturated carbocycles. The molecule has 0 aromatic rings. The van der Waals surface area contributed by atoms with Gasteiger partial charge in [-0.1, -0.05) is 26.8 Å². The first kappa shape index (κ1) is 45.1. The van der Waals surface area contributed by atoms with Crippen molar-refractivity contribution < 1.29 is 89.4 Å². The minimum Gasteiger partial charge on any atom is -0.432 e. The zero-order valence-electron chi connectivity index (χ0n) is 33.1. The number of aliphatic hydroxyl groups is 11. The van der Waals surface area contributed by atoms with E-state index in [1.165, 1.54) is 0 Å². The van der Waals surface area contributed by atoms with Crippen molar-refractivity contribution in [2.24, 2.45) is 28.1 Å². The molecule has 0 amide bonds. The Kier molecular flexibility index (Phi) is 13.3. The highest BCUT2D eigenvalue weighted by Gasteiger charge is 2.64. The molecule has 3 aliphatic carbocycles. The molecular weight excluding hydrogens is 756 g/mol. The summed E-state index contributed by atoms with van der Waals surface area (Å²) >= 11 is 0. The van der Waals surface area contributed by atoms with Gasteiger partial charge >= 0.3 is 5.97 Å². The number of carbonyl (C=O) groups is 1. The number of hydrogen-bond acceptors (Lipinski definition) is 18. The maximum Gasteiger partial charge on any atom is 0.314 e. The Hall–Kier alpha value is -1.43. The van der Waals surface area contributed by atoms with Crippen LogP contribution in [0.4, 0.5) is 0 Å². The third-order valence-corrected chi connectivity index (χ3v) is 14.7. The summed E-state index contributed by atoms with van der Waals surface area (Å²) in [5, 5.41) is 116. The molecule has 11 N–H and O–H groups in total. The molecule has 0 bridgehead atoms. The van der Waals surface area contributed by atoms with Crippen LogP contribution in [-0.2, 0) is 33.2 Å². The standard InChI is InChI=1S/C39H64O18/c1-17-13-36(2)11-7-22-37(3,21(36)8-12-39(17,5)51)9-6-10-38(22,4)35(50)57-34-31(56-33-29(49)27(47)24(44)19(15-41)53-33)30(25(45)20(16-42)54-34)55-32-28(48)26(46)23(43)18(14-40)52-32/h18-34,40-49,51H,1,6-16H2,2-5H3/t18?,19?,20?,21-,22+,23?,24?,25?,26?,27?,28?,29?,30?,31?,32?,33?,34?,36-,37+,38-,39-/m1/s1. The maximum absolute atomic E-state index is 14.8. The quantitative estimate of drug-likeness (QED) is 0.0861. The molecule has 3 aliphatic heterocycles. The van der Waals surface area contributed by atoms with Gasteiger partial charge < -0.3 is 84.6 Å². The smallest absolute Gasteiger partial charge is 0.314 e. The zero-order chi connectivity index (χ0) is 42.0. The molecular formula is C39H64O18. The van der Waals surface area contributed by atoms with E-state index < -0.39 is 129 Å². The van der Waals surface area contributed by atoms with Crippen molar-refractivity contribution in [2.75, 3.05) is 19.8 Å². The maximum atomic E-state index is 14.8. The first-order valence-corrected chi connectivity index (χ1v) is 20.2. The number of fused-ring (bicyclic) bond motifs is 3. The Morgan fingerprint density at radius 1 is 0.649 bits per heavy atom. The fraction of sp³-hybridized carbons (Fsp3) is 0.923. The molecule has 6 rings (SSSR count). The second-order valence-corrected chi connectivity index (χ2v) is 18.4. The highest BCUT2D eigenvalue weighted by atomic mass is 16.8. The topological polar surface area (TPSA) is 295 Å². The van der Waals surface area contributed by atoms with Gasteiger partial charge in [0.2, 0.25) is 6.29 Å². The van der Waals surface area contributed by atoms with E-state index in [-0.39, 0.29) is 22.7 Å². The van der Waals surface area contributed by atoms with Crippen LogP contribution in [0.5, 0.6) is 0 Å². The van der Waals surface area contributed by atoms with Gasteiger partial charge in [-0.15, -0.1) is 0 Å². The highest BCUT2D eigenvalue weighted by molar-refractivity contribution is 5.77. The van der Waals surface area contributed by atoms with Gasteiger partial charge in [-0.05, 0) is 87.0 Å². The second kappa shape index (κ2) is 16.8. The van der Waals surface area contributed by atoms with Crippen molar-refractivity contribution in [3.05, 3.63) is 12.2 Å². The molecule has 18 nitrogen and oxygen atoms in total. The van der Waals surface area contributed by atoms with Gasteiger partial charge in [0.05, 0.1) is 30.8 Å². The number of ether oxygens (including phenoxy) is 6. The van der Waals surface area contributed by atoms with Crippen LogP contribution in [0, 0.1) is 28.1 Å². The van der Waals surface area contributed by atoms with Gasteiger partial charge in [0.1, 0.15) is 67.1 Å². The van der Waals surface area contributed by atoms with Crippen molar-refractivity contribution in [1.29, 1.82) is 0 Å². The van der Waals surface area contributed by atoms with Crippen LogP contribution >= 0.6 is 0 Å². The minimum atomic E-state index is -1.97. The number of rotatable bonds is 9. The van der Waals surface area contributed by atoms with E-state index in [2.05, 4.69) is 20.4 Å². The number of aliphatic hydroxyl groups excluding tert-OH is 10. The lowest BCUT2D eigenvalue weighted by molar-refractivity contribution is -0.388. The average Bonchev–Trinajstić information content (AvgIpc) is 3.25. The highest BCUT2D eigenvalue weighted by Crippen LogP contribution is 2.68. The van der Waals surface area contributed by atoms with Crippen LogP contribution in [0.15, 0.2) is 12.2 Å². The van der Waals surface area contributed by atoms with E-state index in [0.29, 0.717) is 32.1 Å². The largest absolute Gasteiger partial charge is 0.432 e. The number of hydrogen-bond donors (Lipinski definition) is 11. The Bertz CT molecular complexity index is 1430. The molecule has 18 heteroatoms. The summed E-state index contributed by atoms with van der Waals surface area (Å²) in [5.41, 5.74) is -1.83. The van der Waals surface area contributed by atoms with Crippen molar-refractivity contribution in [3.8, 4) is 0 Å². The third kappa shape index (κ3) is 7.97. The van der Waals surface area contributed by atoms with Gasteiger partial charge in [0, 0.05) is 0 Å². The fourth-order valence-electron chi connectivity index (χ4n) is 11.2. The van der Waals surface area contributed by atoms with E-state index >= 15 is 0 Å². The van der Waals surface area contributed by atoms with E-state index in [9.17, 15) is 61.0 Å². The van der Waals surface area contributed by atoms with Gasteiger partial charge in [-0.3, -0.25) is 4.79 Å². The normalized spacial score (nSPS) is 53.3. The van der Waals surface area contributed by atoms with Crippen LogP contribution in [0.25, 0.3) is 0 Å². The molecule has 3 heterocycles. The monoisotopic (exact) mass is 820 g/mol. The summed E-state index contributed by atoms with van der Waals surface area (Å²) in [5.74, 6) is -0.742. The van der Waals surface area contributed by atoms with Crippen LogP contribution in [0.1, 0.15) is 79.1 Å². The van der Waals surface area contributed by atoms with Crippen molar-refractivity contribution in [1.82, 2.24) is 0 Å². The minimum absolute atomic E-state index is 0.139. The Balaban J connectivity index is 1.33. The van der Waals surface area contributed by atoms with Gasteiger partial charge in [-0.25, -0.2) is 0 Å². The molecule has 0 radical (unpaired) electrons. The summed E-state index contributed by atoms with van der Waals surface area (Å²) in [6, 6.07) is 0. The summed E-state index contributed by atoms with van der Waals surface area (Å²) in [4.78, 5) is 14.8. The first-order valence-electron chi connectivity index (χ1n) is 20.2. The van der Waals surface area contributed by atoms with Crippen molar-refractivity contribution >= 4 is 5.97 Å². The molecule has 6 fully saturated rings. The molecule has 57 heavy (non-hydrogen) atoms. The lowest BCUT2D eigenvalue weighted by Gasteiger charge is -2.62. The Morgan fingerprint density at radius 3 is 1.68 bits per heavy atom. The predicted octanol–water partition coefficient (Wildman–Crippen LogP) is -2.30. The first-order chi connectivity index (χ1) is 26.7. The number of esters is 1. The third-order valence-electron chi connectivity index (χ3n) is 14.7. The molecule has 0 spiro atoms. The van der Waals surface area contributed by atoms with Crippen molar-refractivity contribution in [2.45, 2.75) is 177 Å². The molecule has 6 aliphatic rings. The van der Waals surface area contributed by atoms with Crippen molar-refractivity contribution in [3.63, 3.8) is 0 Å².